The molecule has 1 fully saturated rings. The van der Waals surface area contributed by atoms with E-state index < -0.39 is 0 Å². The normalized spacial score (nSPS) is 18.9. The molecule has 1 aliphatic heterocycles. The first kappa shape index (κ1) is 11.9. The van der Waals surface area contributed by atoms with Crippen LogP contribution in [0.1, 0.15) is 23.6 Å². The van der Waals surface area contributed by atoms with Crippen molar-refractivity contribution < 1.29 is 4.79 Å². The fourth-order valence-corrected chi connectivity index (χ4v) is 2.33. The Bertz CT molecular complexity index is 577. The van der Waals surface area contributed by atoms with Crippen LogP contribution in [0.4, 0.5) is 5.69 Å². The molecule has 1 saturated heterocycles. The van der Waals surface area contributed by atoms with E-state index in [4.69, 9.17) is 0 Å². The Kier molecular flexibility index (Phi) is 3.05. The predicted molar refractivity (Wildman–Crippen MR) is 75.6 cm³/mol. The average Bonchev–Trinajstić information content (AvgIpc) is 2.83. The van der Waals surface area contributed by atoms with E-state index >= 15 is 0 Å². The highest BCUT2D eigenvalue weighted by molar-refractivity contribution is 5.95. The van der Waals surface area contributed by atoms with Crippen LogP contribution in [0.15, 0.2) is 54.6 Å². The Balaban J connectivity index is 1.82. The summed E-state index contributed by atoms with van der Waals surface area (Å²) in [6, 6.07) is 18.1. The summed E-state index contributed by atoms with van der Waals surface area (Å²) < 4.78 is 0. The van der Waals surface area contributed by atoms with Gasteiger partial charge in [-0.15, -0.1) is 0 Å². The molecule has 0 spiro atoms. The van der Waals surface area contributed by atoms with E-state index in [1.54, 1.807) is 5.01 Å². The van der Waals surface area contributed by atoms with E-state index in [-0.39, 0.29) is 11.9 Å². The molecule has 0 radical (unpaired) electrons. The SMILES string of the molecule is Cc1ccc(N2NC(c3ccccc3)CC2=O)cc1. The van der Waals surface area contributed by atoms with Crippen LogP contribution >= 0.6 is 0 Å². The molecule has 0 saturated carbocycles. The summed E-state index contributed by atoms with van der Waals surface area (Å²) >= 11 is 0. The highest BCUT2D eigenvalue weighted by Crippen LogP contribution is 2.27. The Morgan fingerprint density at radius 2 is 1.74 bits per heavy atom. The van der Waals surface area contributed by atoms with Crippen molar-refractivity contribution in [3.63, 3.8) is 0 Å². The number of benzene rings is 2. The zero-order valence-corrected chi connectivity index (χ0v) is 10.8. The molecule has 1 amide bonds. The van der Waals surface area contributed by atoms with Crippen LogP contribution in [0.5, 0.6) is 0 Å². The standard InChI is InChI=1S/C16H16N2O/c1-12-7-9-14(10-8-12)18-16(19)11-15(17-18)13-5-3-2-4-6-13/h2-10,15,17H,11H2,1H3. The van der Waals surface area contributed by atoms with Crippen LogP contribution in [0.25, 0.3) is 0 Å². The van der Waals surface area contributed by atoms with Gasteiger partial charge < -0.3 is 0 Å². The molecule has 1 unspecified atom stereocenters. The van der Waals surface area contributed by atoms with Crippen molar-refractivity contribution in [2.75, 3.05) is 5.01 Å². The largest absolute Gasteiger partial charge is 0.273 e. The highest BCUT2D eigenvalue weighted by atomic mass is 16.2. The Hall–Kier alpha value is -2.13. The van der Waals surface area contributed by atoms with Gasteiger partial charge in [0.05, 0.1) is 11.7 Å². The second kappa shape index (κ2) is 4.86. The Morgan fingerprint density at radius 1 is 1.05 bits per heavy atom. The van der Waals surface area contributed by atoms with Gasteiger partial charge in [-0.2, -0.15) is 0 Å². The fourth-order valence-electron chi connectivity index (χ4n) is 2.33. The molecular formula is C16H16N2O. The van der Waals surface area contributed by atoms with Crippen molar-refractivity contribution in [2.45, 2.75) is 19.4 Å². The third-order valence-electron chi connectivity index (χ3n) is 3.41. The number of hydrazine groups is 1. The Labute approximate surface area is 112 Å². The second-order valence-electron chi connectivity index (χ2n) is 4.86. The summed E-state index contributed by atoms with van der Waals surface area (Å²) in [5.74, 6) is 0.109. The molecule has 1 aliphatic rings. The third-order valence-corrected chi connectivity index (χ3v) is 3.41. The van der Waals surface area contributed by atoms with Crippen molar-refractivity contribution in [3.05, 3.63) is 65.7 Å². The minimum Gasteiger partial charge on any atom is -0.273 e. The number of nitrogens with one attached hydrogen (secondary N) is 1. The van der Waals surface area contributed by atoms with Crippen molar-refractivity contribution in [1.29, 1.82) is 0 Å². The molecule has 1 N–H and O–H groups in total. The van der Waals surface area contributed by atoms with Crippen LogP contribution < -0.4 is 10.4 Å². The van der Waals surface area contributed by atoms with E-state index in [0.29, 0.717) is 6.42 Å². The van der Waals surface area contributed by atoms with Crippen LogP contribution in [0.2, 0.25) is 0 Å². The van der Waals surface area contributed by atoms with Gasteiger partial charge in [0.25, 0.3) is 0 Å². The maximum Gasteiger partial charge on any atom is 0.243 e. The molecule has 2 aromatic carbocycles. The number of aryl methyl sites for hydroxylation is 1. The van der Waals surface area contributed by atoms with Crippen molar-refractivity contribution >= 4 is 11.6 Å². The lowest BCUT2D eigenvalue weighted by Crippen LogP contribution is -2.35. The molecule has 1 atom stereocenters. The molecular weight excluding hydrogens is 236 g/mol. The first-order chi connectivity index (χ1) is 9.24. The van der Waals surface area contributed by atoms with Gasteiger partial charge in [0.2, 0.25) is 5.91 Å². The number of rotatable bonds is 2. The smallest absolute Gasteiger partial charge is 0.243 e. The number of hydrogen-bond acceptors (Lipinski definition) is 2. The van der Waals surface area contributed by atoms with E-state index in [9.17, 15) is 4.79 Å². The molecule has 3 rings (SSSR count). The van der Waals surface area contributed by atoms with Crippen LogP contribution in [-0.2, 0) is 4.79 Å². The summed E-state index contributed by atoms with van der Waals surface area (Å²) in [5, 5.41) is 1.65. The molecule has 0 aliphatic carbocycles. The molecule has 96 valence electrons. The van der Waals surface area contributed by atoms with Crippen LogP contribution in [0, 0.1) is 6.92 Å². The zero-order chi connectivity index (χ0) is 13.2. The van der Waals surface area contributed by atoms with E-state index in [1.807, 2.05) is 61.5 Å². The predicted octanol–water partition coefficient (Wildman–Crippen LogP) is 2.98. The number of carbonyl (C=O) groups excluding carboxylic acids is 1. The van der Waals surface area contributed by atoms with Crippen molar-refractivity contribution in [3.8, 4) is 0 Å². The summed E-state index contributed by atoms with van der Waals surface area (Å²) in [5.41, 5.74) is 6.51. The van der Waals surface area contributed by atoms with Crippen LogP contribution in [-0.4, -0.2) is 5.91 Å². The van der Waals surface area contributed by atoms with Gasteiger partial charge in [-0.25, -0.2) is 10.4 Å². The summed E-state index contributed by atoms with van der Waals surface area (Å²) in [7, 11) is 0. The monoisotopic (exact) mass is 252 g/mol. The van der Waals surface area contributed by atoms with Gasteiger partial charge in [-0.05, 0) is 24.6 Å². The topological polar surface area (TPSA) is 32.3 Å². The summed E-state index contributed by atoms with van der Waals surface area (Å²) in [4.78, 5) is 12.1. The Morgan fingerprint density at radius 3 is 2.42 bits per heavy atom. The average molecular weight is 252 g/mol. The lowest BCUT2D eigenvalue weighted by Gasteiger charge is -2.18. The molecule has 19 heavy (non-hydrogen) atoms. The first-order valence-electron chi connectivity index (χ1n) is 6.45. The minimum atomic E-state index is 0.0648. The molecule has 1 heterocycles. The van der Waals surface area contributed by atoms with Crippen molar-refractivity contribution in [2.24, 2.45) is 0 Å². The summed E-state index contributed by atoms with van der Waals surface area (Å²) in [6.45, 7) is 2.04. The third kappa shape index (κ3) is 2.37. The number of anilines is 1. The van der Waals surface area contributed by atoms with E-state index in [0.717, 1.165) is 11.3 Å². The maximum absolute atomic E-state index is 12.1. The van der Waals surface area contributed by atoms with Gasteiger partial charge in [-0.3, -0.25) is 4.79 Å². The quantitative estimate of drug-likeness (QED) is 0.891. The van der Waals surface area contributed by atoms with Gasteiger partial charge in [0.1, 0.15) is 0 Å². The molecule has 2 aromatic rings. The molecule has 3 nitrogen and oxygen atoms in total. The van der Waals surface area contributed by atoms with E-state index in [2.05, 4.69) is 5.43 Å². The summed E-state index contributed by atoms with van der Waals surface area (Å²) in [6.07, 6.45) is 0.498. The minimum absolute atomic E-state index is 0.0648. The molecule has 3 heteroatoms. The zero-order valence-electron chi connectivity index (χ0n) is 10.8. The van der Waals surface area contributed by atoms with Gasteiger partial charge in [-0.1, -0.05) is 48.0 Å². The van der Waals surface area contributed by atoms with Gasteiger partial charge in [0, 0.05) is 6.42 Å². The number of nitrogens with zero attached hydrogens (tertiary/aromatic N) is 1. The number of hydrogen-bond donors (Lipinski definition) is 1. The number of amides is 1. The molecule has 0 aromatic heterocycles. The van der Waals surface area contributed by atoms with E-state index in [1.165, 1.54) is 5.56 Å². The van der Waals surface area contributed by atoms with Crippen LogP contribution in [0.3, 0.4) is 0 Å². The highest BCUT2D eigenvalue weighted by Gasteiger charge is 2.30. The lowest BCUT2D eigenvalue weighted by molar-refractivity contribution is -0.117. The van der Waals surface area contributed by atoms with Gasteiger partial charge in [0.15, 0.2) is 0 Å². The fraction of sp³-hybridized carbons (Fsp3) is 0.188. The first-order valence-corrected chi connectivity index (χ1v) is 6.45. The maximum atomic E-state index is 12.1. The lowest BCUT2D eigenvalue weighted by atomic mass is 10.1. The van der Waals surface area contributed by atoms with Crippen molar-refractivity contribution in [1.82, 2.24) is 5.43 Å². The molecule has 0 bridgehead atoms. The van der Waals surface area contributed by atoms with Gasteiger partial charge >= 0.3 is 0 Å². The second-order valence-corrected chi connectivity index (χ2v) is 4.86. The number of carbonyl (C=O) groups is 1.